The van der Waals surface area contributed by atoms with Crippen molar-refractivity contribution in [2.24, 2.45) is 5.92 Å². The molecule has 0 amide bonds. The van der Waals surface area contributed by atoms with Gasteiger partial charge in [0.2, 0.25) is 0 Å². The van der Waals surface area contributed by atoms with Gasteiger partial charge < -0.3 is 15.7 Å². The van der Waals surface area contributed by atoms with Gasteiger partial charge in [-0.25, -0.2) is 9.97 Å². The predicted octanol–water partition coefficient (Wildman–Crippen LogP) is 2.70. The molecule has 1 aliphatic carbocycles. The van der Waals surface area contributed by atoms with Crippen LogP contribution in [0.2, 0.25) is 0 Å². The van der Waals surface area contributed by atoms with E-state index in [0.29, 0.717) is 5.92 Å². The molecule has 5 heteroatoms. The summed E-state index contributed by atoms with van der Waals surface area (Å²) in [5.74, 6) is 2.89. The van der Waals surface area contributed by atoms with Gasteiger partial charge in [-0.2, -0.15) is 0 Å². The average molecular weight is 292 g/mol. The lowest BCUT2D eigenvalue weighted by Crippen LogP contribution is -2.24. The van der Waals surface area contributed by atoms with Gasteiger partial charge in [0.15, 0.2) is 0 Å². The van der Waals surface area contributed by atoms with Crippen LogP contribution in [0.1, 0.15) is 51.4 Å². The number of aromatic nitrogens is 2. The maximum Gasteiger partial charge on any atom is 0.138 e. The molecule has 1 saturated carbocycles. The van der Waals surface area contributed by atoms with E-state index in [1.807, 2.05) is 14.0 Å². The number of aliphatic hydroxyl groups is 1. The van der Waals surface area contributed by atoms with E-state index in [9.17, 15) is 5.11 Å². The number of rotatable bonds is 4. The van der Waals surface area contributed by atoms with Crippen LogP contribution in [0.15, 0.2) is 0 Å². The molecule has 2 atom stereocenters. The van der Waals surface area contributed by atoms with Gasteiger partial charge >= 0.3 is 0 Å². The summed E-state index contributed by atoms with van der Waals surface area (Å²) in [5, 5.41) is 16.5. The Kier molecular flexibility index (Phi) is 4.71. The van der Waals surface area contributed by atoms with Crippen LogP contribution >= 0.6 is 0 Å². The summed E-state index contributed by atoms with van der Waals surface area (Å²) in [7, 11) is 1.88. The van der Waals surface area contributed by atoms with Crippen LogP contribution in [0.3, 0.4) is 0 Å². The molecule has 0 spiro atoms. The first-order valence-corrected chi connectivity index (χ1v) is 7.81. The highest BCUT2D eigenvalue weighted by Crippen LogP contribution is 2.28. The van der Waals surface area contributed by atoms with Crippen molar-refractivity contribution in [1.82, 2.24) is 9.97 Å². The van der Waals surface area contributed by atoms with Gasteiger partial charge in [-0.3, -0.25) is 0 Å². The van der Waals surface area contributed by atoms with Crippen molar-refractivity contribution in [3.63, 3.8) is 0 Å². The molecule has 1 fully saturated rings. The van der Waals surface area contributed by atoms with Crippen molar-refractivity contribution in [3.8, 4) is 0 Å². The molecule has 2 unspecified atom stereocenters. The Balaban J connectivity index is 2.21. The molecule has 1 aromatic heterocycles. The van der Waals surface area contributed by atoms with Gasteiger partial charge in [-0.1, -0.05) is 27.2 Å². The SMILES string of the molecule is CNc1nc(C(C)(C)C)nc(NCC2CCCC2O)c1C. The van der Waals surface area contributed by atoms with E-state index in [1.54, 1.807) is 0 Å². The fourth-order valence-electron chi connectivity index (χ4n) is 2.75. The summed E-state index contributed by atoms with van der Waals surface area (Å²) in [4.78, 5) is 9.30. The van der Waals surface area contributed by atoms with E-state index in [-0.39, 0.29) is 11.5 Å². The second kappa shape index (κ2) is 6.18. The maximum absolute atomic E-state index is 9.94. The molecular weight excluding hydrogens is 264 g/mol. The Hall–Kier alpha value is -1.36. The first-order valence-electron chi connectivity index (χ1n) is 7.81. The third-order valence-corrected chi connectivity index (χ3v) is 4.20. The lowest BCUT2D eigenvalue weighted by atomic mass is 9.95. The standard InChI is InChI=1S/C16H28N4O/c1-10-13(17-5)19-15(16(2,3)4)20-14(10)18-9-11-7-6-8-12(11)21/h11-12,21H,6-9H2,1-5H3,(H2,17,18,19,20). The minimum atomic E-state index is -0.175. The summed E-state index contributed by atoms with van der Waals surface area (Å²) in [6.45, 7) is 9.13. The Labute approximate surface area is 127 Å². The molecule has 0 aromatic carbocycles. The third-order valence-electron chi connectivity index (χ3n) is 4.20. The van der Waals surface area contributed by atoms with Gasteiger partial charge in [0.05, 0.1) is 6.10 Å². The number of hydrogen-bond donors (Lipinski definition) is 3. The van der Waals surface area contributed by atoms with Crippen LogP contribution in [0.4, 0.5) is 11.6 Å². The molecule has 1 aliphatic rings. The van der Waals surface area contributed by atoms with Crippen molar-refractivity contribution in [1.29, 1.82) is 0 Å². The second-order valence-corrected chi connectivity index (χ2v) is 7.01. The monoisotopic (exact) mass is 292 g/mol. The minimum absolute atomic E-state index is 0.0946. The molecule has 1 aromatic rings. The minimum Gasteiger partial charge on any atom is -0.393 e. The van der Waals surface area contributed by atoms with Crippen molar-refractivity contribution in [2.45, 2.75) is 58.5 Å². The van der Waals surface area contributed by atoms with Crippen LogP contribution in [0.5, 0.6) is 0 Å². The summed E-state index contributed by atoms with van der Waals surface area (Å²) in [5.41, 5.74) is 0.931. The molecule has 118 valence electrons. The second-order valence-electron chi connectivity index (χ2n) is 7.01. The van der Waals surface area contributed by atoms with Crippen molar-refractivity contribution in [2.75, 3.05) is 24.2 Å². The van der Waals surface area contributed by atoms with E-state index >= 15 is 0 Å². The lowest BCUT2D eigenvalue weighted by Gasteiger charge is -2.22. The number of nitrogens with one attached hydrogen (secondary N) is 2. The van der Waals surface area contributed by atoms with Crippen molar-refractivity contribution < 1.29 is 5.11 Å². The largest absolute Gasteiger partial charge is 0.393 e. The Morgan fingerprint density at radius 1 is 1.19 bits per heavy atom. The fraction of sp³-hybridized carbons (Fsp3) is 0.750. The van der Waals surface area contributed by atoms with Crippen LogP contribution < -0.4 is 10.6 Å². The highest BCUT2D eigenvalue weighted by atomic mass is 16.3. The van der Waals surface area contributed by atoms with Crippen LogP contribution in [-0.4, -0.2) is 34.8 Å². The number of aliphatic hydroxyl groups excluding tert-OH is 1. The molecule has 0 bridgehead atoms. The molecule has 5 nitrogen and oxygen atoms in total. The van der Waals surface area contributed by atoms with Crippen LogP contribution in [0.25, 0.3) is 0 Å². The summed E-state index contributed by atoms with van der Waals surface area (Å²) < 4.78 is 0. The quantitative estimate of drug-likeness (QED) is 0.796. The average Bonchev–Trinajstić information content (AvgIpc) is 2.82. The normalized spacial score (nSPS) is 22.4. The highest BCUT2D eigenvalue weighted by molar-refractivity contribution is 5.57. The highest BCUT2D eigenvalue weighted by Gasteiger charge is 2.26. The van der Waals surface area contributed by atoms with Gasteiger partial charge in [0, 0.05) is 30.5 Å². The molecule has 0 radical (unpaired) electrons. The van der Waals surface area contributed by atoms with E-state index in [1.165, 1.54) is 0 Å². The fourth-order valence-corrected chi connectivity index (χ4v) is 2.75. The topological polar surface area (TPSA) is 70.1 Å². The van der Waals surface area contributed by atoms with E-state index in [0.717, 1.165) is 48.8 Å². The zero-order chi connectivity index (χ0) is 15.6. The number of nitrogens with zero attached hydrogens (tertiary/aromatic N) is 2. The molecule has 2 rings (SSSR count). The van der Waals surface area contributed by atoms with Gasteiger partial charge in [-0.05, 0) is 19.8 Å². The zero-order valence-electron chi connectivity index (χ0n) is 13.8. The molecule has 3 N–H and O–H groups in total. The van der Waals surface area contributed by atoms with E-state index in [2.05, 4.69) is 36.4 Å². The predicted molar refractivity (Wildman–Crippen MR) is 86.9 cm³/mol. The number of anilines is 2. The van der Waals surface area contributed by atoms with E-state index < -0.39 is 0 Å². The Bertz CT molecular complexity index is 496. The van der Waals surface area contributed by atoms with Crippen molar-refractivity contribution >= 4 is 11.6 Å². The summed E-state index contributed by atoms with van der Waals surface area (Å²) in [6, 6.07) is 0. The maximum atomic E-state index is 9.94. The summed E-state index contributed by atoms with van der Waals surface area (Å²) >= 11 is 0. The third kappa shape index (κ3) is 3.64. The van der Waals surface area contributed by atoms with Crippen molar-refractivity contribution in [3.05, 3.63) is 11.4 Å². The van der Waals surface area contributed by atoms with Crippen LogP contribution in [0, 0.1) is 12.8 Å². The van der Waals surface area contributed by atoms with Crippen LogP contribution in [-0.2, 0) is 5.41 Å². The summed E-state index contributed by atoms with van der Waals surface area (Å²) in [6.07, 6.45) is 2.95. The first kappa shape index (κ1) is 16.0. The molecule has 1 heterocycles. The van der Waals surface area contributed by atoms with Gasteiger partial charge in [-0.15, -0.1) is 0 Å². The molecule has 0 saturated heterocycles. The zero-order valence-corrected chi connectivity index (χ0v) is 13.8. The van der Waals surface area contributed by atoms with Gasteiger partial charge in [0.25, 0.3) is 0 Å². The lowest BCUT2D eigenvalue weighted by molar-refractivity contribution is 0.138. The van der Waals surface area contributed by atoms with Gasteiger partial charge in [0.1, 0.15) is 17.5 Å². The first-order chi connectivity index (χ1) is 9.82. The smallest absolute Gasteiger partial charge is 0.138 e. The van der Waals surface area contributed by atoms with E-state index in [4.69, 9.17) is 4.98 Å². The molecular formula is C16H28N4O. The Morgan fingerprint density at radius 2 is 1.86 bits per heavy atom. The number of hydrogen-bond acceptors (Lipinski definition) is 5. The molecule has 21 heavy (non-hydrogen) atoms. The molecule has 0 aliphatic heterocycles. The Morgan fingerprint density at radius 3 is 2.38 bits per heavy atom.